The van der Waals surface area contributed by atoms with Gasteiger partial charge in [0.2, 0.25) is 0 Å². The molecule has 0 fully saturated rings. The Kier molecular flexibility index (Phi) is 10.6. The molecule has 0 heterocycles. The molecule has 2 aliphatic carbocycles. The van der Waals surface area contributed by atoms with Crippen molar-refractivity contribution < 1.29 is 46.1 Å². The molecule has 0 saturated heterocycles. The summed E-state index contributed by atoms with van der Waals surface area (Å²) in [5, 5.41) is 0. The molecular weight excluding hydrogens is 667 g/mol. The number of rotatable bonds is 4. The average molecular weight is 713 g/mol. The van der Waals surface area contributed by atoms with E-state index in [2.05, 4.69) is 153 Å². The summed E-state index contributed by atoms with van der Waals surface area (Å²) in [5.74, 6) is 0. The number of benzene rings is 4. The smallest absolute Gasteiger partial charge is 1.00 e. The fourth-order valence-corrected chi connectivity index (χ4v) is 16.3. The number of halogens is 2. The standard InChI is InChI=1S/C21H25.C15H14.C6H7.2ClH.Zr/c1-20(2,3)16-7-9-18-14(12-16)11-15-13-17(21(4,5)6)8-10-19(15)18;1-12-3-7-14(8-4-12)11-15-9-5-13(2)6-10-15;1-6-4-2-3-5-6;;;/h7-10,12H,11H2,1-6H3;3-10H,1-2H3;2,4H,3H2,1H3;2*1H;/q;;;;;+2/p-2. The molecule has 0 N–H and O–H groups in total. The number of fused-ring (bicyclic) bond motifs is 3. The molecule has 0 atom stereocenters. The van der Waals surface area contributed by atoms with Crippen LogP contribution >= 0.6 is 0 Å². The summed E-state index contributed by atoms with van der Waals surface area (Å²) in [6.45, 7) is 21.0. The number of aryl methyl sites for hydroxylation is 2. The van der Waals surface area contributed by atoms with Crippen molar-refractivity contribution in [1.29, 1.82) is 0 Å². The maximum Gasteiger partial charge on any atom is -1.00 e. The molecule has 0 aromatic heterocycles. The van der Waals surface area contributed by atoms with Gasteiger partial charge in [0.05, 0.1) is 0 Å². The third-order valence-electron chi connectivity index (χ3n) is 9.40. The summed E-state index contributed by atoms with van der Waals surface area (Å²) in [7, 11) is 0. The van der Waals surface area contributed by atoms with E-state index in [9.17, 15) is 0 Å². The fraction of sp³-hybridized carbons (Fsp3) is 0.310. The third-order valence-corrected chi connectivity index (χ3v) is 17.6. The van der Waals surface area contributed by atoms with Gasteiger partial charge in [-0.2, -0.15) is 0 Å². The minimum atomic E-state index is -2.80. The summed E-state index contributed by atoms with van der Waals surface area (Å²) in [6, 6.07) is 31.1. The maximum absolute atomic E-state index is 2.80. The van der Waals surface area contributed by atoms with Crippen LogP contribution in [0, 0.1) is 13.8 Å². The van der Waals surface area contributed by atoms with E-state index in [1.807, 2.05) is 0 Å². The van der Waals surface area contributed by atoms with Crippen molar-refractivity contribution in [2.75, 3.05) is 0 Å². The molecule has 3 heteroatoms. The van der Waals surface area contributed by atoms with Gasteiger partial charge in [-0.05, 0) is 0 Å². The molecule has 0 unspecified atom stereocenters. The summed E-state index contributed by atoms with van der Waals surface area (Å²) in [5.41, 5.74) is 16.1. The quantitative estimate of drug-likeness (QED) is 0.262. The second-order valence-corrected chi connectivity index (χ2v) is 20.6. The van der Waals surface area contributed by atoms with Crippen LogP contribution < -0.4 is 28.1 Å². The van der Waals surface area contributed by atoms with Crippen molar-refractivity contribution in [2.24, 2.45) is 0 Å². The Morgan fingerprint density at radius 2 is 1.20 bits per heavy atom. The SMILES string of the molecule is CC1=[C]([Zr+2](=[C](c2ccc(C)cc2)c2ccc(C)cc2)[c]2c(C(C)(C)C)ccc3c2Cc2cc(C(C)(C)C)ccc2-3)CC=C1.[Cl-].[Cl-]. The molecular formula is C42H46Cl2Zr. The van der Waals surface area contributed by atoms with Gasteiger partial charge >= 0.3 is 269 Å². The van der Waals surface area contributed by atoms with Crippen LogP contribution in [0.15, 0.2) is 99.9 Å². The van der Waals surface area contributed by atoms with Crippen molar-refractivity contribution in [2.45, 2.75) is 86.0 Å². The topological polar surface area (TPSA) is 0 Å². The van der Waals surface area contributed by atoms with Gasteiger partial charge in [0, 0.05) is 0 Å². The van der Waals surface area contributed by atoms with Crippen LogP contribution in [0.25, 0.3) is 11.1 Å². The maximum atomic E-state index is 2.51. The van der Waals surface area contributed by atoms with E-state index < -0.39 is 21.3 Å². The molecule has 0 nitrogen and oxygen atoms in total. The molecule has 0 saturated carbocycles. The zero-order valence-corrected chi connectivity index (χ0v) is 32.3. The Hall–Kier alpha value is -2.31. The molecule has 0 radical (unpaired) electrons. The molecule has 4 aromatic rings. The summed E-state index contributed by atoms with van der Waals surface area (Å²) in [4.78, 5) is 0. The van der Waals surface area contributed by atoms with E-state index in [1.54, 1.807) is 20.9 Å². The number of hydrogen-bond acceptors (Lipinski definition) is 0. The van der Waals surface area contributed by atoms with Crippen molar-refractivity contribution in [3.05, 3.63) is 144 Å². The van der Waals surface area contributed by atoms with Crippen LogP contribution in [0.5, 0.6) is 0 Å². The van der Waals surface area contributed by atoms with E-state index in [4.69, 9.17) is 0 Å². The molecule has 232 valence electrons. The molecule has 0 aliphatic heterocycles. The monoisotopic (exact) mass is 710 g/mol. The fourth-order valence-electron chi connectivity index (χ4n) is 6.89. The first-order chi connectivity index (χ1) is 20.3. The summed E-state index contributed by atoms with van der Waals surface area (Å²) >= 11 is -2.80. The van der Waals surface area contributed by atoms with Crippen LogP contribution in [0.4, 0.5) is 0 Å². The first-order valence-electron chi connectivity index (χ1n) is 15.9. The molecule has 2 aliphatic rings. The Labute approximate surface area is 292 Å². The Morgan fingerprint density at radius 1 is 0.644 bits per heavy atom. The van der Waals surface area contributed by atoms with Crippen molar-refractivity contribution >= 4 is 6.48 Å². The second-order valence-electron chi connectivity index (χ2n) is 14.8. The predicted octanol–water partition coefficient (Wildman–Crippen LogP) is 4.22. The van der Waals surface area contributed by atoms with E-state index in [0.29, 0.717) is 0 Å². The Morgan fingerprint density at radius 3 is 1.69 bits per heavy atom. The molecule has 0 bridgehead atoms. The van der Waals surface area contributed by atoms with Crippen LogP contribution in [0.1, 0.15) is 99.4 Å². The summed E-state index contributed by atoms with van der Waals surface area (Å²) in [6.07, 6.45) is 6.92. The normalized spacial score (nSPS) is 13.4. The van der Waals surface area contributed by atoms with Crippen LogP contribution in [0.2, 0.25) is 0 Å². The van der Waals surface area contributed by atoms with Crippen LogP contribution in [0.3, 0.4) is 0 Å². The van der Waals surface area contributed by atoms with E-state index >= 15 is 0 Å². The molecule has 0 amide bonds. The minimum Gasteiger partial charge on any atom is -1.00 e. The van der Waals surface area contributed by atoms with Gasteiger partial charge in [0.25, 0.3) is 0 Å². The van der Waals surface area contributed by atoms with Crippen LogP contribution in [-0.2, 0) is 38.5 Å². The van der Waals surface area contributed by atoms with Crippen molar-refractivity contribution in [3.63, 3.8) is 0 Å². The minimum absolute atomic E-state index is 0. The Balaban J connectivity index is 0.00000230. The molecule has 0 spiro atoms. The van der Waals surface area contributed by atoms with Gasteiger partial charge in [-0.1, -0.05) is 0 Å². The number of allylic oxidation sites excluding steroid dienone is 4. The van der Waals surface area contributed by atoms with Crippen LogP contribution in [-0.4, -0.2) is 3.21 Å². The molecule has 4 aromatic carbocycles. The first-order valence-corrected chi connectivity index (χ1v) is 19.6. The van der Waals surface area contributed by atoms with Gasteiger partial charge in [-0.25, -0.2) is 0 Å². The molecule has 45 heavy (non-hydrogen) atoms. The largest absolute Gasteiger partial charge is 1.00 e. The zero-order chi connectivity index (χ0) is 30.7. The second kappa shape index (κ2) is 13.4. The number of hydrogen-bond donors (Lipinski definition) is 0. The predicted molar refractivity (Wildman–Crippen MR) is 184 cm³/mol. The van der Waals surface area contributed by atoms with E-state index in [-0.39, 0.29) is 35.6 Å². The third kappa shape index (κ3) is 6.88. The Bertz CT molecular complexity index is 1770. The van der Waals surface area contributed by atoms with E-state index in [1.165, 1.54) is 50.1 Å². The van der Waals surface area contributed by atoms with E-state index in [0.717, 1.165) is 12.8 Å². The summed E-state index contributed by atoms with van der Waals surface area (Å²) < 4.78 is 5.06. The van der Waals surface area contributed by atoms with Gasteiger partial charge < -0.3 is 24.8 Å². The van der Waals surface area contributed by atoms with Gasteiger partial charge in [-0.15, -0.1) is 0 Å². The van der Waals surface area contributed by atoms with Gasteiger partial charge in [-0.3, -0.25) is 0 Å². The average Bonchev–Trinajstić information content (AvgIpc) is 3.54. The first kappa shape index (κ1) is 35.5. The van der Waals surface area contributed by atoms with Crippen molar-refractivity contribution in [3.8, 4) is 11.1 Å². The van der Waals surface area contributed by atoms with Gasteiger partial charge in [0.1, 0.15) is 0 Å². The van der Waals surface area contributed by atoms with Crippen molar-refractivity contribution in [1.82, 2.24) is 0 Å². The molecule has 6 rings (SSSR count). The van der Waals surface area contributed by atoms with Gasteiger partial charge in [0.15, 0.2) is 0 Å². The zero-order valence-electron chi connectivity index (χ0n) is 28.3.